The van der Waals surface area contributed by atoms with Crippen molar-refractivity contribution in [1.82, 2.24) is 4.90 Å². The summed E-state index contributed by atoms with van der Waals surface area (Å²) in [4.78, 5) is 25.9. The van der Waals surface area contributed by atoms with Gasteiger partial charge in [-0.15, -0.1) is 0 Å². The molecule has 1 atom stereocenters. The van der Waals surface area contributed by atoms with E-state index in [2.05, 4.69) is 24.3 Å². The number of nitrogens with zero attached hydrogens (tertiary/aromatic N) is 1. The number of hydrogen-bond donors (Lipinski definition) is 1. The predicted molar refractivity (Wildman–Crippen MR) is 106 cm³/mol. The molecule has 0 saturated carbocycles. The number of ether oxygens (including phenoxy) is 1. The lowest BCUT2D eigenvalue weighted by molar-refractivity contribution is -0.144. The van der Waals surface area contributed by atoms with Crippen molar-refractivity contribution in [2.45, 2.75) is 38.1 Å². The SMILES string of the molecule is CC1(C)CCC(C(=O)O)CN1C(=O)OCC1c2ccccc2-c2ccccc21. The Morgan fingerprint density at radius 2 is 1.64 bits per heavy atom. The lowest BCUT2D eigenvalue weighted by Crippen LogP contribution is -2.54. The number of piperidine rings is 1. The maximum atomic E-state index is 12.9. The van der Waals surface area contributed by atoms with Gasteiger partial charge in [-0.25, -0.2) is 4.79 Å². The van der Waals surface area contributed by atoms with Crippen LogP contribution in [0.25, 0.3) is 11.1 Å². The normalized spacial score (nSPS) is 20.4. The Morgan fingerprint density at radius 1 is 1.07 bits per heavy atom. The van der Waals surface area contributed by atoms with E-state index in [9.17, 15) is 14.7 Å². The molecule has 1 aliphatic carbocycles. The standard InChI is InChI=1S/C23H25NO4/c1-23(2)12-11-15(21(25)26)13-24(23)22(27)28-14-20-18-9-5-3-7-16(18)17-8-4-6-10-19(17)20/h3-10,15,20H,11-14H2,1-2H3,(H,25,26). The quantitative estimate of drug-likeness (QED) is 0.852. The summed E-state index contributed by atoms with van der Waals surface area (Å²) in [6.07, 6.45) is 0.793. The monoisotopic (exact) mass is 379 g/mol. The number of amides is 1. The van der Waals surface area contributed by atoms with Crippen molar-refractivity contribution in [3.63, 3.8) is 0 Å². The van der Waals surface area contributed by atoms with Crippen LogP contribution in [0.3, 0.4) is 0 Å². The highest BCUT2D eigenvalue weighted by atomic mass is 16.6. The first-order chi connectivity index (χ1) is 13.4. The highest BCUT2D eigenvalue weighted by molar-refractivity contribution is 5.79. The average Bonchev–Trinajstić information content (AvgIpc) is 2.99. The Balaban J connectivity index is 1.53. The molecule has 2 aromatic carbocycles. The van der Waals surface area contributed by atoms with E-state index in [4.69, 9.17) is 4.74 Å². The average molecular weight is 379 g/mol. The highest BCUT2D eigenvalue weighted by Gasteiger charge is 2.41. The van der Waals surface area contributed by atoms with Crippen LogP contribution in [0.15, 0.2) is 48.5 Å². The predicted octanol–water partition coefficient (Wildman–Crippen LogP) is 4.51. The molecule has 1 amide bonds. The van der Waals surface area contributed by atoms with Gasteiger partial charge in [-0.2, -0.15) is 0 Å². The first kappa shape index (κ1) is 18.5. The van der Waals surface area contributed by atoms with Gasteiger partial charge < -0.3 is 14.7 Å². The third-order valence-electron chi connectivity index (χ3n) is 6.14. The third kappa shape index (κ3) is 3.15. The van der Waals surface area contributed by atoms with Gasteiger partial charge in [0.1, 0.15) is 6.61 Å². The molecule has 28 heavy (non-hydrogen) atoms. The van der Waals surface area contributed by atoms with Gasteiger partial charge in [0, 0.05) is 18.0 Å². The van der Waals surface area contributed by atoms with E-state index in [1.165, 1.54) is 11.1 Å². The molecule has 2 aliphatic rings. The zero-order valence-corrected chi connectivity index (χ0v) is 16.2. The van der Waals surface area contributed by atoms with E-state index in [0.717, 1.165) is 11.1 Å². The minimum absolute atomic E-state index is 0.000441. The van der Waals surface area contributed by atoms with E-state index in [1.54, 1.807) is 4.90 Å². The van der Waals surface area contributed by atoms with Crippen molar-refractivity contribution in [2.75, 3.05) is 13.2 Å². The minimum Gasteiger partial charge on any atom is -0.481 e. The van der Waals surface area contributed by atoms with E-state index in [-0.39, 0.29) is 19.1 Å². The summed E-state index contributed by atoms with van der Waals surface area (Å²) in [7, 11) is 0. The second-order valence-electron chi connectivity index (χ2n) is 8.30. The maximum absolute atomic E-state index is 12.9. The molecule has 1 heterocycles. The fourth-order valence-electron chi connectivity index (χ4n) is 4.42. The van der Waals surface area contributed by atoms with Gasteiger partial charge in [0.05, 0.1) is 5.92 Å². The van der Waals surface area contributed by atoms with E-state index in [1.807, 2.05) is 38.1 Å². The van der Waals surface area contributed by atoms with Crippen molar-refractivity contribution in [3.05, 3.63) is 59.7 Å². The second-order valence-corrected chi connectivity index (χ2v) is 8.30. The molecule has 0 bridgehead atoms. The topological polar surface area (TPSA) is 66.8 Å². The van der Waals surface area contributed by atoms with Crippen LogP contribution < -0.4 is 0 Å². The first-order valence-electron chi connectivity index (χ1n) is 9.74. The summed E-state index contributed by atoms with van der Waals surface area (Å²) in [6, 6.07) is 16.4. The van der Waals surface area contributed by atoms with Crippen LogP contribution in [0.5, 0.6) is 0 Å². The van der Waals surface area contributed by atoms with Crippen molar-refractivity contribution < 1.29 is 19.4 Å². The van der Waals surface area contributed by atoms with Crippen LogP contribution in [0.4, 0.5) is 4.79 Å². The van der Waals surface area contributed by atoms with Crippen molar-refractivity contribution in [3.8, 4) is 11.1 Å². The number of likely N-dealkylation sites (tertiary alicyclic amines) is 1. The van der Waals surface area contributed by atoms with E-state index in [0.29, 0.717) is 12.8 Å². The number of benzene rings is 2. The molecule has 5 nitrogen and oxygen atoms in total. The summed E-state index contributed by atoms with van der Waals surface area (Å²) in [5, 5.41) is 9.35. The summed E-state index contributed by atoms with van der Waals surface area (Å²) in [5.74, 6) is -1.39. The van der Waals surface area contributed by atoms with E-state index >= 15 is 0 Å². The second kappa shape index (κ2) is 6.97. The number of aliphatic carboxylic acids is 1. The van der Waals surface area contributed by atoms with Crippen LogP contribution in [0, 0.1) is 5.92 Å². The van der Waals surface area contributed by atoms with Gasteiger partial charge in [-0.3, -0.25) is 4.79 Å². The number of rotatable bonds is 3. The van der Waals surface area contributed by atoms with Gasteiger partial charge >= 0.3 is 12.1 Å². The summed E-state index contributed by atoms with van der Waals surface area (Å²) >= 11 is 0. The Labute approximate surface area is 164 Å². The molecule has 146 valence electrons. The molecule has 1 saturated heterocycles. The van der Waals surface area contributed by atoms with Gasteiger partial charge in [0.15, 0.2) is 0 Å². The lowest BCUT2D eigenvalue weighted by Gasteiger charge is -2.43. The number of carboxylic acids is 1. The Kier molecular flexibility index (Phi) is 4.61. The van der Waals surface area contributed by atoms with Gasteiger partial charge in [-0.1, -0.05) is 48.5 Å². The summed E-state index contributed by atoms with van der Waals surface area (Å²) in [6.45, 7) is 4.37. The maximum Gasteiger partial charge on any atom is 0.410 e. The Bertz CT molecular complexity index is 875. The Hall–Kier alpha value is -2.82. The molecule has 1 fully saturated rings. The number of carbonyl (C=O) groups is 2. The minimum atomic E-state index is -0.855. The van der Waals surface area contributed by atoms with Crippen molar-refractivity contribution in [2.24, 2.45) is 5.92 Å². The first-order valence-corrected chi connectivity index (χ1v) is 9.74. The van der Waals surface area contributed by atoms with Gasteiger partial charge in [0.25, 0.3) is 0 Å². The van der Waals surface area contributed by atoms with Crippen LogP contribution in [-0.4, -0.2) is 40.8 Å². The fourth-order valence-corrected chi connectivity index (χ4v) is 4.42. The largest absolute Gasteiger partial charge is 0.481 e. The Morgan fingerprint density at radius 3 is 2.21 bits per heavy atom. The molecular formula is C23H25NO4. The molecular weight excluding hydrogens is 354 g/mol. The lowest BCUT2D eigenvalue weighted by atomic mass is 9.85. The smallest absolute Gasteiger partial charge is 0.410 e. The molecule has 1 unspecified atom stereocenters. The highest BCUT2D eigenvalue weighted by Crippen LogP contribution is 2.44. The number of hydrogen-bond acceptors (Lipinski definition) is 3. The van der Waals surface area contributed by atoms with Crippen LogP contribution in [-0.2, 0) is 9.53 Å². The zero-order chi connectivity index (χ0) is 19.9. The molecule has 0 spiro atoms. The van der Waals surface area contributed by atoms with E-state index < -0.39 is 23.5 Å². The van der Waals surface area contributed by atoms with Crippen molar-refractivity contribution >= 4 is 12.1 Å². The molecule has 4 rings (SSSR count). The molecule has 0 radical (unpaired) electrons. The number of carbonyl (C=O) groups excluding carboxylic acids is 1. The molecule has 5 heteroatoms. The molecule has 1 N–H and O–H groups in total. The van der Waals surface area contributed by atoms with Crippen LogP contribution in [0.1, 0.15) is 43.7 Å². The van der Waals surface area contributed by atoms with Gasteiger partial charge in [-0.05, 0) is 48.9 Å². The molecule has 0 aromatic heterocycles. The van der Waals surface area contributed by atoms with Gasteiger partial charge in [0.2, 0.25) is 0 Å². The fraction of sp³-hybridized carbons (Fsp3) is 0.391. The van der Waals surface area contributed by atoms with Crippen molar-refractivity contribution in [1.29, 1.82) is 0 Å². The zero-order valence-electron chi connectivity index (χ0n) is 16.2. The third-order valence-corrected chi connectivity index (χ3v) is 6.14. The van der Waals surface area contributed by atoms with Crippen LogP contribution in [0.2, 0.25) is 0 Å². The number of fused-ring (bicyclic) bond motifs is 3. The van der Waals surface area contributed by atoms with Crippen LogP contribution >= 0.6 is 0 Å². The summed E-state index contributed by atoms with van der Waals surface area (Å²) in [5.41, 5.74) is 4.29. The molecule has 2 aromatic rings. The summed E-state index contributed by atoms with van der Waals surface area (Å²) < 4.78 is 5.74. The number of carboxylic acid groups (broad SMARTS) is 1. The molecule has 1 aliphatic heterocycles.